The minimum Gasteiger partial charge on any atom is -0.465 e. The van der Waals surface area contributed by atoms with Crippen LogP contribution in [0.4, 0.5) is 10.1 Å². The molecule has 0 radical (unpaired) electrons. The Morgan fingerprint density at radius 3 is 2.11 bits per heavy atom. The van der Waals surface area contributed by atoms with Gasteiger partial charge in [0.25, 0.3) is 5.91 Å². The lowest BCUT2D eigenvalue weighted by molar-refractivity contribution is -0.138. The molecule has 0 saturated heterocycles. The number of fused-ring (bicyclic) bond motifs is 1. The lowest BCUT2D eigenvalue weighted by Crippen LogP contribution is -2.56. The fourth-order valence-electron chi connectivity index (χ4n) is 4.05. The van der Waals surface area contributed by atoms with Crippen LogP contribution in [0.2, 0.25) is 0 Å². The molecule has 2 aliphatic heterocycles. The van der Waals surface area contributed by atoms with Crippen molar-refractivity contribution in [3.05, 3.63) is 79.0 Å². The van der Waals surface area contributed by atoms with Gasteiger partial charge in [-0.2, -0.15) is 0 Å². The number of carbonyl (C=O) groups is 3. The van der Waals surface area contributed by atoms with Gasteiger partial charge in [0, 0.05) is 11.1 Å². The molecule has 186 valence electrons. The summed E-state index contributed by atoms with van der Waals surface area (Å²) < 4.78 is 25.0. The molecule has 2 aromatic rings. The third-order valence-corrected chi connectivity index (χ3v) is 9.12. The van der Waals surface area contributed by atoms with Crippen molar-refractivity contribution in [2.24, 2.45) is 0 Å². The number of ether oxygens (including phenoxy) is 2. The van der Waals surface area contributed by atoms with Crippen molar-refractivity contribution in [3.63, 3.8) is 0 Å². The number of hydrogen-bond donors (Lipinski definition) is 0. The number of anilines is 1. The van der Waals surface area contributed by atoms with Gasteiger partial charge in [-0.3, -0.25) is 9.69 Å². The maximum atomic E-state index is 14.6. The van der Waals surface area contributed by atoms with E-state index in [1.807, 2.05) is 25.1 Å². The zero-order valence-electron chi connectivity index (χ0n) is 20.1. The zero-order chi connectivity index (χ0) is 26.4. The molecule has 0 N–H and O–H groups in total. The Labute approximate surface area is 221 Å². The summed E-state index contributed by atoms with van der Waals surface area (Å²) in [6.07, 6.45) is 0. The largest absolute Gasteiger partial charge is 0.465 e. The molecule has 0 bridgehead atoms. The van der Waals surface area contributed by atoms with Crippen LogP contribution in [0.15, 0.2) is 56.5 Å². The van der Waals surface area contributed by atoms with Gasteiger partial charge in [0.2, 0.25) is 0 Å². The standard InChI is InChI=1S/C26H22FNO5S3/c1-13-10-11-15-17(12-13)28(22(29)14-8-6-7-9-16(14)27)26(2,3)21(34)18(15)25-35-19(23(30)32-4)20(36-25)24(31)33-5/h6-12H,1-5H3. The molecule has 0 atom stereocenters. The topological polar surface area (TPSA) is 72.9 Å². The van der Waals surface area contributed by atoms with E-state index in [1.165, 1.54) is 37.3 Å². The molecule has 2 aliphatic rings. The van der Waals surface area contributed by atoms with E-state index in [2.05, 4.69) is 0 Å². The van der Waals surface area contributed by atoms with Crippen LogP contribution in [0.1, 0.15) is 35.3 Å². The molecule has 36 heavy (non-hydrogen) atoms. The van der Waals surface area contributed by atoms with E-state index in [4.69, 9.17) is 21.7 Å². The van der Waals surface area contributed by atoms with E-state index in [-0.39, 0.29) is 15.4 Å². The minimum absolute atomic E-state index is 0.0656. The number of thioether (sulfide) groups is 2. The van der Waals surface area contributed by atoms with Crippen LogP contribution in [-0.4, -0.2) is 42.5 Å². The monoisotopic (exact) mass is 543 g/mol. The van der Waals surface area contributed by atoms with Crippen molar-refractivity contribution in [3.8, 4) is 0 Å². The van der Waals surface area contributed by atoms with Crippen LogP contribution in [0, 0.1) is 12.7 Å². The van der Waals surface area contributed by atoms with Gasteiger partial charge >= 0.3 is 11.9 Å². The molecule has 1 amide bonds. The van der Waals surface area contributed by atoms with Crippen LogP contribution < -0.4 is 4.90 Å². The Balaban J connectivity index is 1.93. The van der Waals surface area contributed by atoms with Crippen molar-refractivity contribution in [2.75, 3.05) is 19.1 Å². The molecule has 0 saturated carbocycles. The zero-order valence-corrected chi connectivity index (χ0v) is 22.6. The van der Waals surface area contributed by atoms with Crippen molar-refractivity contribution in [2.45, 2.75) is 26.3 Å². The quantitative estimate of drug-likeness (QED) is 0.279. The average Bonchev–Trinajstić information content (AvgIpc) is 3.29. The number of methoxy groups -OCH3 is 2. The highest BCUT2D eigenvalue weighted by Crippen LogP contribution is 2.56. The third-order valence-electron chi connectivity index (χ3n) is 5.85. The molecule has 4 rings (SSSR count). The summed E-state index contributed by atoms with van der Waals surface area (Å²) in [6.45, 7) is 5.48. The second kappa shape index (κ2) is 9.84. The maximum Gasteiger partial charge on any atom is 0.346 e. The summed E-state index contributed by atoms with van der Waals surface area (Å²) >= 11 is 8.09. The number of carbonyl (C=O) groups excluding carboxylic acids is 3. The first-order valence-electron chi connectivity index (χ1n) is 10.8. The highest BCUT2D eigenvalue weighted by molar-refractivity contribution is 8.29. The normalized spacial score (nSPS) is 16.7. The molecular weight excluding hydrogens is 521 g/mol. The van der Waals surface area contributed by atoms with Crippen LogP contribution in [-0.2, 0) is 19.1 Å². The Kier molecular flexibility index (Phi) is 7.14. The Bertz CT molecular complexity index is 1370. The number of halogens is 1. The number of amides is 1. The van der Waals surface area contributed by atoms with Crippen LogP contribution in [0.5, 0.6) is 0 Å². The van der Waals surface area contributed by atoms with Crippen molar-refractivity contribution >= 4 is 69.7 Å². The van der Waals surface area contributed by atoms with Gasteiger partial charge in [-0.15, -0.1) is 0 Å². The molecule has 0 aromatic heterocycles. The summed E-state index contributed by atoms with van der Waals surface area (Å²) in [7, 11) is 2.47. The summed E-state index contributed by atoms with van der Waals surface area (Å²) in [5, 5.41) is 0. The first kappa shape index (κ1) is 26.1. The molecule has 10 heteroatoms. The first-order chi connectivity index (χ1) is 17.0. The molecule has 2 aromatic carbocycles. The molecule has 0 unspecified atom stereocenters. The molecular formula is C26H22FNO5S3. The highest BCUT2D eigenvalue weighted by atomic mass is 32.2. The number of rotatable bonds is 3. The van der Waals surface area contributed by atoms with Crippen LogP contribution in [0.25, 0.3) is 5.57 Å². The molecule has 2 heterocycles. The van der Waals surface area contributed by atoms with E-state index >= 15 is 0 Å². The van der Waals surface area contributed by atoms with Crippen molar-refractivity contribution in [1.82, 2.24) is 0 Å². The average molecular weight is 544 g/mol. The van der Waals surface area contributed by atoms with E-state index in [9.17, 15) is 18.8 Å². The van der Waals surface area contributed by atoms with Gasteiger partial charge in [-0.05, 0) is 44.5 Å². The molecule has 0 spiro atoms. The lowest BCUT2D eigenvalue weighted by Gasteiger charge is -2.45. The summed E-state index contributed by atoms with van der Waals surface area (Å²) in [6, 6.07) is 11.4. The number of thiocarbonyl (C=S) groups is 1. The maximum absolute atomic E-state index is 14.6. The predicted molar refractivity (Wildman–Crippen MR) is 144 cm³/mol. The smallest absolute Gasteiger partial charge is 0.346 e. The van der Waals surface area contributed by atoms with E-state index in [0.29, 0.717) is 25.9 Å². The van der Waals surface area contributed by atoms with E-state index in [1.54, 1.807) is 19.9 Å². The van der Waals surface area contributed by atoms with Gasteiger partial charge in [-0.1, -0.05) is 60.0 Å². The fourth-order valence-corrected chi connectivity index (χ4v) is 7.08. The van der Waals surface area contributed by atoms with Gasteiger partial charge in [0.15, 0.2) is 0 Å². The van der Waals surface area contributed by atoms with Gasteiger partial charge < -0.3 is 9.47 Å². The number of nitrogens with zero attached hydrogens (tertiary/aromatic N) is 1. The molecule has 0 fully saturated rings. The Hall–Kier alpha value is -2.95. The number of hydrogen-bond acceptors (Lipinski definition) is 8. The van der Waals surface area contributed by atoms with E-state index < -0.39 is 29.2 Å². The lowest BCUT2D eigenvalue weighted by atomic mass is 9.82. The Morgan fingerprint density at radius 2 is 1.56 bits per heavy atom. The molecule has 6 nitrogen and oxygen atoms in total. The first-order valence-corrected chi connectivity index (χ1v) is 12.8. The van der Waals surface area contributed by atoms with Gasteiger partial charge in [-0.25, -0.2) is 14.0 Å². The highest BCUT2D eigenvalue weighted by Gasteiger charge is 2.46. The summed E-state index contributed by atoms with van der Waals surface area (Å²) in [5.41, 5.74) is 1.60. The van der Waals surface area contributed by atoms with Gasteiger partial charge in [0.05, 0.1) is 40.1 Å². The Morgan fingerprint density at radius 1 is 0.972 bits per heavy atom. The summed E-state index contributed by atoms with van der Waals surface area (Å²) in [5.74, 6) is -2.47. The van der Waals surface area contributed by atoms with Gasteiger partial charge in [0.1, 0.15) is 15.6 Å². The number of benzene rings is 2. The summed E-state index contributed by atoms with van der Waals surface area (Å²) in [4.78, 5) is 40.7. The SMILES string of the molecule is COC(=O)C1=C(C(=O)OC)SC(=C2C(=S)C(C)(C)N(C(=O)c3ccccc3F)c3cc(C)ccc32)S1. The minimum atomic E-state index is -1.04. The fraction of sp³-hybridized carbons (Fsp3) is 0.231. The van der Waals surface area contributed by atoms with Crippen LogP contribution >= 0.6 is 35.7 Å². The van der Waals surface area contributed by atoms with Crippen molar-refractivity contribution < 1.29 is 28.2 Å². The van der Waals surface area contributed by atoms with Crippen molar-refractivity contribution in [1.29, 1.82) is 0 Å². The predicted octanol–water partition coefficient (Wildman–Crippen LogP) is 5.65. The molecule has 0 aliphatic carbocycles. The van der Waals surface area contributed by atoms with E-state index in [0.717, 1.165) is 29.1 Å². The second-order valence-electron chi connectivity index (χ2n) is 8.54. The second-order valence-corrected chi connectivity index (χ2v) is 11.2. The number of aryl methyl sites for hydroxylation is 1. The third kappa shape index (κ3) is 4.27. The number of esters is 2. The van der Waals surface area contributed by atoms with Crippen LogP contribution in [0.3, 0.4) is 0 Å².